The molecule has 1 aliphatic heterocycles. The van der Waals surface area contributed by atoms with Crippen LogP contribution in [0.3, 0.4) is 0 Å². The van der Waals surface area contributed by atoms with Crippen molar-refractivity contribution >= 4 is 5.96 Å². The number of piperidine rings is 1. The predicted molar refractivity (Wildman–Crippen MR) is 103 cm³/mol. The fourth-order valence-corrected chi connectivity index (χ4v) is 3.47. The highest BCUT2D eigenvalue weighted by Crippen LogP contribution is 2.17. The molecular formula is C20H34N4. The van der Waals surface area contributed by atoms with Gasteiger partial charge >= 0.3 is 0 Å². The van der Waals surface area contributed by atoms with Gasteiger partial charge in [0.05, 0.1) is 6.04 Å². The minimum absolute atomic E-state index is 0.251. The zero-order valence-electron chi connectivity index (χ0n) is 15.8. The summed E-state index contributed by atoms with van der Waals surface area (Å²) in [7, 11) is 1.85. The first-order chi connectivity index (χ1) is 11.6. The van der Waals surface area contributed by atoms with Gasteiger partial charge in [-0.2, -0.15) is 0 Å². The van der Waals surface area contributed by atoms with E-state index in [4.69, 9.17) is 0 Å². The average molecular weight is 331 g/mol. The molecule has 0 aromatic heterocycles. The zero-order valence-corrected chi connectivity index (χ0v) is 15.8. The molecule has 1 fully saturated rings. The van der Waals surface area contributed by atoms with Crippen LogP contribution in [0.5, 0.6) is 0 Å². The summed E-state index contributed by atoms with van der Waals surface area (Å²) < 4.78 is 0. The number of hydrogen-bond acceptors (Lipinski definition) is 2. The first kappa shape index (κ1) is 18.8. The molecule has 1 saturated heterocycles. The molecule has 0 radical (unpaired) electrons. The number of nitrogens with zero attached hydrogens (tertiary/aromatic N) is 2. The van der Waals surface area contributed by atoms with E-state index in [0.717, 1.165) is 18.4 Å². The van der Waals surface area contributed by atoms with Gasteiger partial charge in [0, 0.05) is 26.7 Å². The summed E-state index contributed by atoms with van der Waals surface area (Å²) in [5, 5.41) is 7.02. The van der Waals surface area contributed by atoms with E-state index in [-0.39, 0.29) is 6.04 Å². The molecule has 2 rings (SSSR count). The minimum atomic E-state index is 0.251. The lowest BCUT2D eigenvalue weighted by Crippen LogP contribution is -2.45. The van der Waals surface area contributed by atoms with Gasteiger partial charge in [-0.15, -0.1) is 0 Å². The Morgan fingerprint density at radius 1 is 1.25 bits per heavy atom. The first-order valence-electron chi connectivity index (χ1n) is 9.33. The summed E-state index contributed by atoms with van der Waals surface area (Å²) in [6.45, 7) is 11.5. The summed E-state index contributed by atoms with van der Waals surface area (Å²) >= 11 is 0. The Hall–Kier alpha value is -1.55. The summed E-state index contributed by atoms with van der Waals surface area (Å²) in [6.07, 6.45) is 2.62. The lowest BCUT2D eigenvalue weighted by Gasteiger charge is -2.34. The van der Waals surface area contributed by atoms with Gasteiger partial charge in [-0.1, -0.05) is 44.2 Å². The van der Waals surface area contributed by atoms with Gasteiger partial charge in [-0.05, 0) is 43.7 Å². The van der Waals surface area contributed by atoms with Crippen molar-refractivity contribution in [2.24, 2.45) is 16.8 Å². The van der Waals surface area contributed by atoms with Crippen molar-refractivity contribution in [2.45, 2.75) is 39.7 Å². The van der Waals surface area contributed by atoms with Crippen molar-refractivity contribution < 1.29 is 0 Å². The summed E-state index contributed by atoms with van der Waals surface area (Å²) in [6, 6.07) is 10.8. The fraction of sp³-hybridized carbons (Fsp3) is 0.650. The Kier molecular flexibility index (Phi) is 7.57. The second-order valence-electron chi connectivity index (χ2n) is 7.39. The molecule has 2 N–H and O–H groups in total. The van der Waals surface area contributed by atoms with Crippen molar-refractivity contribution in [2.75, 3.05) is 33.2 Å². The smallest absolute Gasteiger partial charge is 0.191 e. The van der Waals surface area contributed by atoms with Gasteiger partial charge in [-0.25, -0.2) is 0 Å². The number of likely N-dealkylation sites (tertiary alicyclic amines) is 1. The molecule has 2 atom stereocenters. The Balaban J connectivity index is 1.79. The Morgan fingerprint density at radius 2 is 2.00 bits per heavy atom. The molecule has 1 aliphatic rings. The van der Waals surface area contributed by atoms with Crippen LogP contribution in [0.4, 0.5) is 0 Å². The number of rotatable bonds is 6. The highest BCUT2D eigenvalue weighted by Gasteiger charge is 2.20. The summed E-state index contributed by atoms with van der Waals surface area (Å²) in [5.41, 5.74) is 1.28. The normalized spacial score (nSPS) is 20.9. The number of hydrogen-bond donors (Lipinski definition) is 2. The van der Waals surface area contributed by atoms with E-state index in [1.54, 1.807) is 0 Å². The van der Waals surface area contributed by atoms with Gasteiger partial charge < -0.3 is 15.5 Å². The van der Waals surface area contributed by atoms with Crippen molar-refractivity contribution in [3.05, 3.63) is 35.9 Å². The molecule has 0 spiro atoms. The average Bonchev–Trinajstić information content (AvgIpc) is 2.59. The number of benzene rings is 1. The van der Waals surface area contributed by atoms with Crippen LogP contribution < -0.4 is 10.6 Å². The van der Waals surface area contributed by atoms with Gasteiger partial charge in [-0.3, -0.25) is 4.99 Å². The molecule has 1 aromatic carbocycles. The van der Waals surface area contributed by atoms with E-state index in [2.05, 4.69) is 71.6 Å². The van der Waals surface area contributed by atoms with Crippen molar-refractivity contribution in [3.63, 3.8) is 0 Å². The van der Waals surface area contributed by atoms with Crippen LogP contribution in [-0.2, 0) is 0 Å². The van der Waals surface area contributed by atoms with Gasteiger partial charge in [0.15, 0.2) is 5.96 Å². The highest BCUT2D eigenvalue weighted by atomic mass is 15.2. The Bertz CT molecular complexity index is 498. The van der Waals surface area contributed by atoms with Crippen LogP contribution in [-0.4, -0.2) is 44.1 Å². The van der Waals surface area contributed by atoms with E-state index < -0.39 is 0 Å². The Morgan fingerprint density at radius 3 is 2.67 bits per heavy atom. The number of guanidine groups is 1. The molecule has 1 aromatic rings. The molecule has 134 valence electrons. The second-order valence-corrected chi connectivity index (χ2v) is 7.39. The SMILES string of the molecule is CN=C(NCC1CCCN(CC(C)C)C1)NC(C)c1ccccc1. The molecule has 2 unspecified atom stereocenters. The zero-order chi connectivity index (χ0) is 17.4. The van der Waals surface area contributed by atoms with Crippen molar-refractivity contribution in [1.29, 1.82) is 0 Å². The maximum atomic E-state index is 4.39. The van der Waals surface area contributed by atoms with Crippen LogP contribution >= 0.6 is 0 Å². The molecule has 1 heterocycles. The highest BCUT2D eigenvalue weighted by molar-refractivity contribution is 5.80. The lowest BCUT2D eigenvalue weighted by molar-refractivity contribution is 0.159. The predicted octanol–water partition coefficient (Wildman–Crippen LogP) is 3.28. The molecule has 0 bridgehead atoms. The third-order valence-corrected chi connectivity index (χ3v) is 4.66. The summed E-state index contributed by atoms with van der Waals surface area (Å²) in [4.78, 5) is 7.00. The van der Waals surface area contributed by atoms with Crippen molar-refractivity contribution in [3.8, 4) is 0 Å². The van der Waals surface area contributed by atoms with Crippen LogP contribution in [0.25, 0.3) is 0 Å². The van der Waals surface area contributed by atoms with Gasteiger partial charge in [0.1, 0.15) is 0 Å². The molecule has 24 heavy (non-hydrogen) atoms. The maximum Gasteiger partial charge on any atom is 0.191 e. The number of nitrogens with one attached hydrogen (secondary N) is 2. The van der Waals surface area contributed by atoms with Crippen molar-refractivity contribution in [1.82, 2.24) is 15.5 Å². The van der Waals surface area contributed by atoms with Crippen LogP contribution in [0.2, 0.25) is 0 Å². The molecule has 4 heteroatoms. The first-order valence-corrected chi connectivity index (χ1v) is 9.33. The van der Waals surface area contributed by atoms with E-state index in [9.17, 15) is 0 Å². The number of aliphatic imine (C=N–C) groups is 1. The monoisotopic (exact) mass is 330 g/mol. The molecular weight excluding hydrogens is 296 g/mol. The Labute approximate surface area is 147 Å². The molecule has 4 nitrogen and oxygen atoms in total. The van der Waals surface area contributed by atoms with E-state index >= 15 is 0 Å². The minimum Gasteiger partial charge on any atom is -0.356 e. The third-order valence-electron chi connectivity index (χ3n) is 4.66. The summed E-state index contributed by atoms with van der Waals surface area (Å²) in [5.74, 6) is 2.35. The van der Waals surface area contributed by atoms with Gasteiger partial charge in [0.25, 0.3) is 0 Å². The van der Waals surface area contributed by atoms with Gasteiger partial charge in [0.2, 0.25) is 0 Å². The third kappa shape index (κ3) is 6.16. The molecule has 0 saturated carbocycles. The lowest BCUT2D eigenvalue weighted by atomic mass is 9.97. The fourth-order valence-electron chi connectivity index (χ4n) is 3.47. The van der Waals surface area contributed by atoms with E-state index in [0.29, 0.717) is 5.92 Å². The van der Waals surface area contributed by atoms with E-state index in [1.807, 2.05) is 7.05 Å². The quantitative estimate of drug-likeness (QED) is 0.621. The largest absolute Gasteiger partial charge is 0.356 e. The second kappa shape index (κ2) is 9.67. The van der Waals surface area contributed by atoms with Crippen LogP contribution in [0.15, 0.2) is 35.3 Å². The standard InChI is InChI=1S/C20H34N4/c1-16(2)14-24-12-8-9-18(15-24)13-22-20(21-4)23-17(3)19-10-6-5-7-11-19/h5-7,10-11,16-18H,8-9,12-15H2,1-4H3,(H2,21,22,23). The van der Waals surface area contributed by atoms with Crippen LogP contribution in [0.1, 0.15) is 45.2 Å². The topological polar surface area (TPSA) is 39.7 Å². The molecule has 0 aliphatic carbocycles. The van der Waals surface area contributed by atoms with E-state index in [1.165, 1.54) is 38.0 Å². The molecule has 0 amide bonds. The maximum absolute atomic E-state index is 4.39. The van der Waals surface area contributed by atoms with Crippen LogP contribution in [0, 0.1) is 11.8 Å².